The summed E-state index contributed by atoms with van der Waals surface area (Å²) in [6, 6.07) is 0. The van der Waals surface area contributed by atoms with Gasteiger partial charge in [0.2, 0.25) is 0 Å². The molecule has 0 aliphatic heterocycles. The Morgan fingerprint density at radius 1 is 1.26 bits per heavy atom. The number of esters is 2. The van der Waals surface area contributed by atoms with Gasteiger partial charge >= 0.3 is 11.9 Å². The van der Waals surface area contributed by atoms with Gasteiger partial charge in [0.25, 0.3) is 0 Å². The summed E-state index contributed by atoms with van der Waals surface area (Å²) < 4.78 is 9.71. The fourth-order valence-corrected chi connectivity index (χ4v) is 1.64. The normalized spacial score (nSPS) is 12.7. The second-order valence-corrected chi connectivity index (χ2v) is 4.47. The molecule has 0 spiro atoms. The van der Waals surface area contributed by atoms with Crippen molar-refractivity contribution in [2.24, 2.45) is 0 Å². The van der Waals surface area contributed by atoms with Crippen LogP contribution in [-0.2, 0) is 19.1 Å². The van der Waals surface area contributed by atoms with Gasteiger partial charge in [-0.05, 0) is 32.6 Å². The van der Waals surface area contributed by atoms with Crippen molar-refractivity contribution in [2.45, 2.75) is 52.1 Å². The Morgan fingerprint density at radius 2 is 1.95 bits per heavy atom. The number of rotatable bonds is 9. The first kappa shape index (κ1) is 17.4. The van der Waals surface area contributed by atoms with Crippen LogP contribution in [0.3, 0.4) is 0 Å². The minimum Gasteiger partial charge on any atom is -0.469 e. The number of hydrogen-bond acceptors (Lipinski definition) is 4. The number of carbonyl (C=O) groups is 2. The second kappa shape index (κ2) is 10.4. The van der Waals surface area contributed by atoms with E-state index in [9.17, 15) is 9.59 Å². The van der Waals surface area contributed by atoms with Crippen molar-refractivity contribution in [3.05, 3.63) is 24.3 Å². The van der Waals surface area contributed by atoms with E-state index < -0.39 is 6.10 Å². The number of hydrogen-bond donors (Lipinski definition) is 0. The Morgan fingerprint density at radius 3 is 2.47 bits per heavy atom. The standard InChI is InChI=1S/C15H24O4/c1-5-6-7-8-12(2)9-10-14(19-13(3)16)11-15(17)18-4/h5,8,14H,1,6-7,9-11H2,2-4H3/b12-8+/t14-/m0/s1. The molecule has 4 nitrogen and oxygen atoms in total. The van der Waals surface area contributed by atoms with Crippen molar-refractivity contribution in [1.82, 2.24) is 0 Å². The SMILES string of the molecule is C=CCC/C=C(\C)CC[C@@H](CC(=O)OC)OC(C)=O. The molecular weight excluding hydrogens is 244 g/mol. The highest BCUT2D eigenvalue weighted by Gasteiger charge is 2.17. The summed E-state index contributed by atoms with van der Waals surface area (Å²) in [5.74, 6) is -0.735. The molecule has 0 aliphatic rings. The van der Waals surface area contributed by atoms with Crippen LogP contribution in [0, 0.1) is 0 Å². The van der Waals surface area contributed by atoms with Crippen LogP contribution in [0.2, 0.25) is 0 Å². The van der Waals surface area contributed by atoms with E-state index >= 15 is 0 Å². The van der Waals surface area contributed by atoms with Crippen LogP contribution in [-0.4, -0.2) is 25.2 Å². The third-order valence-corrected chi connectivity index (χ3v) is 2.68. The molecule has 0 aromatic rings. The van der Waals surface area contributed by atoms with Crippen molar-refractivity contribution in [3.63, 3.8) is 0 Å². The lowest BCUT2D eigenvalue weighted by Gasteiger charge is -2.16. The summed E-state index contributed by atoms with van der Waals surface area (Å²) in [6.45, 7) is 7.05. The van der Waals surface area contributed by atoms with Gasteiger partial charge in [-0.2, -0.15) is 0 Å². The summed E-state index contributed by atoms with van der Waals surface area (Å²) in [5.41, 5.74) is 1.23. The van der Waals surface area contributed by atoms with Crippen LogP contribution in [0.1, 0.15) is 46.0 Å². The lowest BCUT2D eigenvalue weighted by atomic mass is 10.0. The Kier molecular flexibility index (Phi) is 9.49. The van der Waals surface area contributed by atoms with Crippen LogP contribution in [0.15, 0.2) is 24.3 Å². The number of methoxy groups -OCH3 is 1. The molecule has 0 bridgehead atoms. The highest BCUT2D eigenvalue weighted by atomic mass is 16.6. The molecule has 0 saturated heterocycles. The average molecular weight is 268 g/mol. The van der Waals surface area contributed by atoms with E-state index in [1.807, 2.05) is 13.0 Å². The molecule has 0 aromatic carbocycles. The van der Waals surface area contributed by atoms with E-state index in [4.69, 9.17) is 4.74 Å². The Labute approximate surface area is 115 Å². The predicted molar refractivity (Wildman–Crippen MR) is 74.6 cm³/mol. The van der Waals surface area contributed by atoms with Crippen molar-refractivity contribution >= 4 is 11.9 Å². The van der Waals surface area contributed by atoms with Gasteiger partial charge in [0.1, 0.15) is 6.10 Å². The number of carbonyl (C=O) groups excluding carboxylic acids is 2. The molecule has 0 aromatic heterocycles. The molecule has 19 heavy (non-hydrogen) atoms. The summed E-state index contributed by atoms with van der Waals surface area (Å²) in [6.07, 6.45) is 7.06. The van der Waals surface area contributed by atoms with E-state index in [2.05, 4.69) is 17.4 Å². The van der Waals surface area contributed by atoms with Crippen LogP contribution in [0.4, 0.5) is 0 Å². The third kappa shape index (κ3) is 10.1. The Hall–Kier alpha value is -1.58. The number of allylic oxidation sites excluding steroid dienone is 3. The largest absolute Gasteiger partial charge is 0.469 e. The minimum absolute atomic E-state index is 0.107. The first-order chi connectivity index (χ1) is 8.99. The van der Waals surface area contributed by atoms with Gasteiger partial charge < -0.3 is 9.47 Å². The van der Waals surface area contributed by atoms with Gasteiger partial charge in [-0.3, -0.25) is 9.59 Å². The topological polar surface area (TPSA) is 52.6 Å². The summed E-state index contributed by atoms with van der Waals surface area (Å²) >= 11 is 0. The maximum absolute atomic E-state index is 11.2. The fraction of sp³-hybridized carbons (Fsp3) is 0.600. The zero-order valence-electron chi connectivity index (χ0n) is 12.1. The maximum atomic E-state index is 11.2. The molecule has 0 rings (SSSR count). The van der Waals surface area contributed by atoms with Gasteiger partial charge in [-0.15, -0.1) is 6.58 Å². The van der Waals surface area contributed by atoms with E-state index in [0.29, 0.717) is 6.42 Å². The number of ether oxygens (including phenoxy) is 2. The summed E-state index contributed by atoms with van der Waals surface area (Å²) in [7, 11) is 1.33. The molecule has 0 saturated carbocycles. The van der Waals surface area contributed by atoms with Crippen molar-refractivity contribution in [3.8, 4) is 0 Å². The van der Waals surface area contributed by atoms with E-state index in [1.54, 1.807) is 0 Å². The van der Waals surface area contributed by atoms with Crippen LogP contribution in [0.5, 0.6) is 0 Å². The Balaban J connectivity index is 4.23. The molecule has 0 heterocycles. The molecule has 0 fully saturated rings. The van der Waals surface area contributed by atoms with Gasteiger partial charge in [0.05, 0.1) is 13.5 Å². The van der Waals surface area contributed by atoms with Crippen LogP contribution < -0.4 is 0 Å². The van der Waals surface area contributed by atoms with Gasteiger partial charge in [-0.1, -0.05) is 17.7 Å². The van der Waals surface area contributed by atoms with Crippen LogP contribution >= 0.6 is 0 Å². The molecule has 1 atom stereocenters. The molecule has 4 heteroatoms. The molecule has 108 valence electrons. The van der Waals surface area contributed by atoms with Gasteiger partial charge in [-0.25, -0.2) is 0 Å². The molecular formula is C15H24O4. The lowest BCUT2D eigenvalue weighted by Crippen LogP contribution is -2.21. The molecule has 0 N–H and O–H groups in total. The van der Waals surface area contributed by atoms with Crippen LogP contribution in [0.25, 0.3) is 0 Å². The second-order valence-electron chi connectivity index (χ2n) is 4.47. The molecule has 0 amide bonds. The van der Waals surface area contributed by atoms with Gasteiger partial charge in [0.15, 0.2) is 0 Å². The molecule has 0 aliphatic carbocycles. The minimum atomic E-state index is -0.410. The summed E-state index contributed by atoms with van der Waals surface area (Å²) in [4.78, 5) is 22.2. The van der Waals surface area contributed by atoms with E-state index in [-0.39, 0.29) is 18.4 Å². The van der Waals surface area contributed by atoms with Crippen molar-refractivity contribution in [2.75, 3.05) is 7.11 Å². The smallest absolute Gasteiger partial charge is 0.309 e. The highest BCUT2D eigenvalue weighted by Crippen LogP contribution is 2.14. The molecule has 0 unspecified atom stereocenters. The highest BCUT2D eigenvalue weighted by molar-refractivity contribution is 5.71. The predicted octanol–water partition coefficient (Wildman–Crippen LogP) is 3.17. The average Bonchev–Trinajstić information content (AvgIpc) is 2.35. The third-order valence-electron chi connectivity index (χ3n) is 2.68. The zero-order chi connectivity index (χ0) is 14.7. The van der Waals surface area contributed by atoms with Gasteiger partial charge in [0, 0.05) is 6.92 Å². The Bertz CT molecular complexity index is 331. The maximum Gasteiger partial charge on any atom is 0.309 e. The first-order valence-corrected chi connectivity index (χ1v) is 6.50. The zero-order valence-corrected chi connectivity index (χ0v) is 12.1. The van der Waals surface area contributed by atoms with E-state index in [1.165, 1.54) is 19.6 Å². The fourth-order valence-electron chi connectivity index (χ4n) is 1.64. The van der Waals surface area contributed by atoms with E-state index in [0.717, 1.165) is 19.3 Å². The quantitative estimate of drug-likeness (QED) is 0.366. The van der Waals surface area contributed by atoms with Crippen molar-refractivity contribution < 1.29 is 19.1 Å². The monoisotopic (exact) mass is 268 g/mol. The van der Waals surface area contributed by atoms with Crippen molar-refractivity contribution in [1.29, 1.82) is 0 Å². The summed E-state index contributed by atoms with van der Waals surface area (Å²) in [5, 5.41) is 0. The lowest BCUT2D eigenvalue weighted by molar-refractivity contribution is -0.152. The first-order valence-electron chi connectivity index (χ1n) is 6.50. The molecule has 0 radical (unpaired) electrons. The number of unbranched alkanes of at least 4 members (excludes halogenated alkanes) is 1.